The van der Waals surface area contributed by atoms with E-state index >= 15 is 0 Å². The van der Waals surface area contributed by atoms with Gasteiger partial charge in [0.15, 0.2) is 0 Å². The van der Waals surface area contributed by atoms with Gasteiger partial charge in [-0.25, -0.2) is 9.78 Å². The number of alkyl halides is 3. The second-order valence-electron chi connectivity index (χ2n) is 7.20. The Kier molecular flexibility index (Phi) is 6.73. The molecule has 30 heavy (non-hydrogen) atoms. The van der Waals surface area contributed by atoms with E-state index in [-0.39, 0.29) is 0 Å². The van der Waals surface area contributed by atoms with Crippen LogP contribution < -0.4 is 5.73 Å². The minimum absolute atomic E-state index is 0.673. The van der Waals surface area contributed by atoms with Crippen LogP contribution in [0.5, 0.6) is 0 Å². The van der Waals surface area contributed by atoms with E-state index in [1.54, 1.807) is 0 Å². The van der Waals surface area contributed by atoms with E-state index in [0.717, 1.165) is 42.9 Å². The molecule has 6 nitrogen and oxygen atoms in total. The predicted octanol–water partition coefficient (Wildman–Crippen LogP) is 3.44. The van der Waals surface area contributed by atoms with E-state index in [0.29, 0.717) is 5.92 Å². The van der Waals surface area contributed by atoms with Gasteiger partial charge in [0.1, 0.15) is 6.33 Å². The molecule has 3 aromatic rings. The summed E-state index contributed by atoms with van der Waals surface area (Å²) in [5.41, 5.74) is 10.5. The molecule has 0 bridgehead atoms. The van der Waals surface area contributed by atoms with Gasteiger partial charge in [0.25, 0.3) is 0 Å². The Morgan fingerprint density at radius 1 is 1.17 bits per heavy atom. The quantitative estimate of drug-likeness (QED) is 0.676. The highest BCUT2D eigenvalue weighted by Crippen LogP contribution is 2.21. The van der Waals surface area contributed by atoms with Crippen molar-refractivity contribution in [2.75, 3.05) is 19.6 Å². The number of nitrogens with two attached hydrogens (primary N) is 1. The number of benzene rings is 2. The Hall–Kier alpha value is -2.91. The fourth-order valence-corrected chi connectivity index (χ4v) is 3.43. The van der Waals surface area contributed by atoms with Crippen molar-refractivity contribution in [1.82, 2.24) is 14.5 Å². The van der Waals surface area contributed by atoms with Crippen LogP contribution in [-0.2, 0) is 11.3 Å². The highest BCUT2D eigenvalue weighted by atomic mass is 19.4. The van der Waals surface area contributed by atoms with Crippen LogP contribution in [0.4, 0.5) is 13.2 Å². The van der Waals surface area contributed by atoms with Gasteiger partial charge in [-0.05, 0) is 55.3 Å². The summed E-state index contributed by atoms with van der Waals surface area (Å²) >= 11 is 0. The number of rotatable bonds is 4. The van der Waals surface area contributed by atoms with Crippen molar-refractivity contribution in [3.63, 3.8) is 0 Å². The van der Waals surface area contributed by atoms with Gasteiger partial charge in [-0.1, -0.05) is 24.3 Å². The maximum Gasteiger partial charge on any atom is 0.490 e. The first kappa shape index (κ1) is 21.8. The zero-order chi connectivity index (χ0) is 21.7. The molecule has 0 radical (unpaired) electrons. The summed E-state index contributed by atoms with van der Waals surface area (Å²) in [6.07, 6.45) is -1.96. The van der Waals surface area contributed by atoms with Crippen LogP contribution in [0, 0.1) is 5.92 Å². The number of aliphatic carboxylic acids is 1. The third-order valence-electron chi connectivity index (χ3n) is 5.02. The van der Waals surface area contributed by atoms with Crippen molar-refractivity contribution < 1.29 is 23.1 Å². The Bertz CT molecular complexity index is 986. The van der Waals surface area contributed by atoms with Crippen molar-refractivity contribution >= 4 is 17.0 Å². The number of nitrogens with zero attached hydrogens (tertiary/aromatic N) is 3. The fraction of sp³-hybridized carbons (Fsp3) is 0.333. The van der Waals surface area contributed by atoms with Crippen molar-refractivity contribution in [3.05, 3.63) is 60.4 Å². The number of fused-ring (bicyclic) bond motifs is 1. The minimum Gasteiger partial charge on any atom is -0.475 e. The van der Waals surface area contributed by atoms with Crippen LogP contribution in [-0.4, -0.2) is 51.3 Å². The Labute approximate surface area is 171 Å². The lowest BCUT2D eigenvalue weighted by Gasteiger charge is -2.16. The molecule has 1 unspecified atom stereocenters. The minimum atomic E-state index is -5.08. The van der Waals surface area contributed by atoms with E-state index in [2.05, 4.69) is 50.8 Å². The highest BCUT2D eigenvalue weighted by Gasteiger charge is 2.38. The number of hydrogen-bond donors (Lipinski definition) is 2. The number of para-hydroxylation sites is 2. The maximum absolute atomic E-state index is 10.6. The van der Waals surface area contributed by atoms with Crippen molar-refractivity contribution in [2.24, 2.45) is 11.7 Å². The number of likely N-dealkylation sites (tertiary alicyclic amines) is 1. The van der Waals surface area contributed by atoms with Crippen molar-refractivity contribution in [3.8, 4) is 5.69 Å². The van der Waals surface area contributed by atoms with Crippen LogP contribution in [0.25, 0.3) is 16.7 Å². The smallest absolute Gasteiger partial charge is 0.475 e. The zero-order valence-corrected chi connectivity index (χ0v) is 16.2. The molecule has 2 aromatic carbocycles. The lowest BCUT2D eigenvalue weighted by molar-refractivity contribution is -0.192. The lowest BCUT2D eigenvalue weighted by atomic mass is 10.1. The van der Waals surface area contributed by atoms with Crippen LogP contribution in [0.1, 0.15) is 12.0 Å². The lowest BCUT2D eigenvalue weighted by Crippen LogP contribution is -2.22. The van der Waals surface area contributed by atoms with E-state index in [9.17, 15) is 13.2 Å². The molecule has 1 aromatic heterocycles. The molecule has 1 atom stereocenters. The van der Waals surface area contributed by atoms with Crippen LogP contribution >= 0.6 is 0 Å². The molecule has 0 saturated carbocycles. The number of hydrogen-bond acceptors (Lipinski definition) is 4. The summed E-state index contributed by atoms with van der Waals surface area (Å²) in [6, 6.07) is 17.0. The number of carboxylic acid groups (broad SMARTS) is 1. The molecule has 0 aliphatic carbocycles. The standard InChI is InChI=1S/C19H22N4.C2HF3O2/c20-11-16-9-10-22(13-16)12-15-5-7-17(8-6-15)23-14-21-18-3-1-2-4-19(18)23;3-2(4,5)1(6)7/h1-8,14,16H,9-13,20H2;(H,6,7). The zero-order valence-electron chi connectivity index (χ0n) is 16.2. The third kappa shape index (κ3) is 5.37. The summed E-state index contributed by atoms with van der Waals surface area (Å²) in [5.74, 6) is -2.08. The van der Waals surface area contributed by atoms with Gasteiger partial charge in [0.2, 0.25) is 0 Å². The van der Waals surface area contributed by atoms with E-state index in [4.69, 9.17) is 15.6 Å². The summed E-state index contributed by atoms with van der Waals surface area (Å²) < 4.78 is 33.9. The fourth-order valence-electron chi connectivity index (χ4n) is 3.43. The normalized spacial score (nSPS) is 17.0. The molecule has 1 aliphatic heterocycles. The molecule has 1 aliphatic rings. The Morgan fingerprint density at radius 2 is 1.83 bits per heavy atom. The highest BCUT2D eigenvalue weighted by molar-refractivity contribution is 5.77. The second-order valence-corrected chi connectivity index (χ2v) is 7.20. The molecule has 2 heterocycles. The van der Waals surface area contributed by atoms with Gasteiger partial charge in [0.05, 0.1) is 11.0 Å². The first-order valence-electron chi connectivity index (χ1n) is 9.52. The third-order valence-corrected chi connectivity index (χ3v) is 5.02. The van der Waals surface area contributed by atoms with Gasteiger partial charge in [-0.2, -0.15) is 13.2 Å². The monoisotopic (exact) mass is 420 g/mol. The summed E-state index contributed by atoms with van der Waals surface area (Å²) in [5, 5.41) is 7.12. The summed E-state index contributed by atoms with van der Waals surface area (Å²) in [7, 11) is 0. The second kappa shape index (κ2) is 9.27. The van der Waals surface area contributed by atoms with Crippen LogP contribution in [0.2, 0.25) is 0 Å². The SMILES string of the molecule is NCC1CCN(Cc2ccc(-n3cnc4ccccc43)cc2)C1.O=C(O)C(F)(F)F. The number of carbonyl (C=O) groups is 1. The topological polar surface area (TPSA) is 84.4 Å². The largest absolute Gasteiger partial charge is 0.490 e. The van der Waals surface area contributed by atoms with Gasteiger partial charge >= 0.3 is 12.1 Å². The average molecular weight is 420 g/mol. The molecule has 9 heteroatoms. The molecule has 1 saturated heterocycles. The molecule has 0 amide bonds. The molecule has 1 fully saturated rings. The Morgan fingerprint density at radius 3 is 2.43 bits per heavy atom. The van der Waals surface area contributed by atoms with E-state index < -0.39 is 12.1 Å². The summed E-state index contributed by atoms with van der Waals surface area (Å²) in [6.45, 7) is 4.12. The van der Waals surface area contributed by atoms with Gasteiger partial charge < -0.3 is 10.8 Å². The first-order chi connectivity index (χ1) is 14.3. The molecule has 0 spiro atoms. The molecule has 3 N–H and O–H groups in total. The van der Waals surface area contributed by atoms with Crippen molar-refractivity contribution in [1.29, 1.82) is 0 Å². The number of carboxylic acids is 1. The van der Waals surface area contributed by atoms with Gasteiger partial charge in [0, 0.05) is 18.8 Å². The maximum atomic E-state index is 10.6. The molecular weight excluding hydrogens is 397 g/mol. The predicted molar refractivity (Wildman–Crippen MR) is 107 cm³/mol. The number of aromatic nitrogens is 2. The average Bonchev–Trinajstić information content (AvgIpc) is 3.35. The van der Waals surface area contributed by atoms with E-state index in [1.807, 2.05) is 18.5 Å². The van der Waals surface area contributed by atoms with E-state index in [1.165, 1.54) is 12.0 Å². The van der Waals surface area contributed by atoms with Crippen molar-refractivity contribution in [2.45, 2.75) is 19.1 Å². The van der Waals surface area contributed by atoms with Crippen LogP contribution in [0.15, 0.2) is 54.9 Å². The summed E-state index contributed by atoms with van der Waals surface area (Å²) in [4.78, 5) is 15.9. The number of imidazole rings is 1. The molecular formula is C21H23F3N4O2. The molecule has 160 valence electrons. The van der Waals surface area contributed by atoms with Gasteiger partial charge in [-0.3, -0.25) is 9.47 Å². The Balaban J connectivity index is 0.000000318. The van der Waals surface area contributed by atoms with Gasteiger partial charge in [-0.15, -0.1) is 0 Å². The first-order valence-corrected chi connectivity index (χ1v) is 9.52. The molecule has 4 rings (SSSR count). The van der Waals surface area contributed by atoms with Crippen LogP contribution in [0.3, 0.4) is 0 Å². The number of halogens is 3.